The lowest BCUT2D eigenvalue weighted by molar-refractivity contribution is 0.412. The van der Waals surface area contributed by atoms with Crippen LogP contribution in [-0.4, -0.2) is 17.6 Å². The van der Waals surface area contributed by atoms with Crippen LogP contribution in [0.25, 0.3) is 0 Å². The summed E-state index contributed by atoms with van der Waals surface area (Å²) in [5.41, 5.74) is 0. The molecule has 0 aliphatic rings. The maximum absolute atomic E-state index is 11.0. The van der Waals surface area contributed by atoms with Crippen molar-refractivity contribution in [2.75, 3.05) is 13.4 Å². The second-order valence-corrected chi connectivity index (χ2v) is 4.48. The van der Waals surface area contributed by atoms with Crippen molar-refractivity contribution in [2.24, 2.45) is 0 Å². The number of hydrogen-bond acceptors (Lipinski definition) is 2. The van der Waals surface area contributed by atoms with E-state index in [1.165, 1.54) is 0 Å². The third-order valence-electron chi connectivity index (χ3n) is 1.46. The first kappa shape index (κ1) is 9.74. The van der Waals surface area contributed by atoms with Gasteiger partial charge in [0, 0.05) is 22.0 Å². The normalized spacial score (nSPS) is 12.6. The van der Waals surface area contributed by atoms with Gasteiger partial charge in [-0.2, -0.15) is 0 Å². The van der Waals surface area contributed by atoms with Crippen molar-refractivity contribution in [2.45, 2.75) is 4.90 Å². The van der Waals surface area contributed by atoms with Gasteiger partial charge in [-0.25, -0.2) is 0 Å². The topological polar surface area (TPSA) is 26.3 Å². The van der Waals surface area contributed by atoms with Crippen LogP contribution in [0.5, 0.6) is 5.75 Å². The van der Waals surface area contributed by atoms with Crippen molar-refractivity contribution in [3.8, 4) is 5.75 Å². The Morgan fingerprint density at radius 3 is 2.58 bits per heavy atom. The smallest absolute Gasteiger partial charge is 0.133 e. The molecule has 1 aromatic rings. The third kappa shape index (κ3) is 2.08. The molecule has 1 rings (SSSR count). The van der Waals surface area contributed by atoms with Gasteiger partial charge in [0.05, 0.1) is 11.6 Å². The van der Waals surface area contributed by atoms with Gasteiger partial charge in [0.1, 0.15) is 5.75 Å². The Morgan fingerprint density at radius 2 is 2.17 bits per heavy atom. The van der Waals surface area contributed by atoms with Crippen molar-refractivity contribution < 1.29 is 8.95 Å². The summed E-state index contributed by atoms with van der Waals surface area (Å²) in [6.45, 7) is 0. The van der Waals surface area contributed by atoms with E-state index in [0.29, 0.717) is 0 Å². The minimum atomic E-state index is -0.935. The maximum Gasteiger partial charge on any atom is 0.133 e. The first-order valence-corrected chi connectivity index (χ1v) is 5.67. The van der Waals surface area contributed by atoms with E-state index in [2.05, 4.69) is 15.9 Å². The van der Waals surface area contributed by atoms with Crippen LogP contribution in [0.3, 0.4) is 0 Å². The fraction of sp³-hybridized carbons (Fsp3) is 0.250. The molecule has 0 heterocycles. The molecular weight excluding hydrogens is 240 g/mol. The van der Waals surface area contributed by atoms with Gasteiger partial charge in [-0.3, -0.25) is 4.21 Å². The summed E-state index contributed by atoms with van der Waals surface area (Å²) >= 11 is 3.32. The molecule has 0 amide bonds. The van der Waals surface area contributed by atoms with Crippen LogP contribution in [0, 0.1) is 0 Å². The maximum atomic E-state index is 11.0. The second-order valence-electron chi connectivity index (χ2n) is 2.25. The van der Waals surface area contributed by atoms with E-state index >= 15 is 0 Å². The average Bonchev–Trinajstić information content (AvgIpc) is 2.04. The van der Waals surface area contributed by atoms with Gasteiger partial charge in [0.15, 0.2) is 0 Å². The zero-order valence-corrected chi connectivity index (χ0v) is 9.24. The van der Waals surface area contributed by atoms with Crippen molar-refractivity contribution in [3.63, 3.8) is 0 Å². The van der Waals surface area contributed by atoms with Gasteiger partial charge in [-0.05, 0) is 34.1 Å². The second kappa shape index (κ2) is 4.05. The number of methoxy groups -OCH3 is 1. The summed E-state index contributed by atoms with van der Waals surface area (Å²) in [6, 6.07) is 5.38. The molecule has 0 saturated heterocycles. The predicted octanol–water partition coefficient (Wildman–Crippen LogP) is 2.20. The molecule has 0 saturated carbocycles. The number of rotatable bonds is 2. The highest BCUT2D eigenvalue weighted by Gasteiger charge is 2.02. The Bertz CT molecular complexity index is 312. The molecule has 0 spiro atoms. The van der Waals surface area contributed by atoms with Crippen LogP contribution < -0.4 is 4.74 Å². The van der Waals surface area contributed by atoms with Crippen molar-refractivity contribution >= 4 is 26.7 Å². The Morgan fingerprint density at radius 1 is 1.50 bits per heavy atom. The van der Waals surface area contributed by atoms with Crippen LogP contribution in [0.4, 0.5) is 0 Å². The number of benzene rings is 1. The molecule has 12 heavy (non-hydrogen) atoms. The molecule has 0 N–H and O–H groups in total. The van der Waals surface area contributed by atoms with Gasteiger partial charge < -0.3 is 4.74 Å². The summed E-state index contributed by atoms with van der Waals surface area (Å²) in [5.74, 6) is 0.754. The highest BCUT2D eigenvalue weighted by atomic mass is 79.9. The lowest BCUT2D eigenvalue weighted by Gasteiger charge is -2.03. The SMILES string of the molecule is COc1ccc(S(C)=O)cc1Br. The van der Waals surface area contributed by atoms with Gasteiger partial charge in [-0.15, -0.1) is 0 Å². The van der Waals surface area contributed by atoms with Crippen LogP contribution in [0.2, 0.25) is 0 Å². The summed E-state index contributed by atoms with van der Waals surface area (Å²) in [6.07, 6.45) is 1.65. The van der Waals surface area contributed by atoms with E-state index in [1.54, 1.807) is 31.6 Å². The van der Waals surface area contributed by atoms with Crippen LogP contribution >= 0.6 is 15.9 Å². The summed E-state index contributed by atoms with van der Waals surface area (Å²) in [5, 5.41) is 0. The Kier molecular flexibility index (Phi) is 3.29. The van der Waals surface area contributed by atoms with Crippen molar-refractivity contribution in [1.29, 1.82) is 0 Å². The lowest BCUT2D eigenvalue weighted by atomic mass is 10.3. The highest BCUT2D eigenvalue weighted by molar-refractivity contribution is 9.10. The number of ether oxygens (including phenoxy) is 1. The molecule has 1 aromatic carbocycles. The van der Waals surface area contributed by atoms with E-state index < -0.39 is 10.8 Å². The van der Waals surface area contributed by atoms with Crippen molar-refractivity contribution in [1.82, 2.24) is 0 Å². The third-order valence-corrected chi connectivity index (χ3v) is 2.99. The molecule has 0 bridgehead atoms. The summed E-state index contributed by atoms with van der Waals surface area (Å²) in [4.78, 5) is 0.794. The monoisotopic (exact) mass is 248 g/mol. The van der Waals surface area contributed by atoms with Gasteiger partial charge in [0.2, 0.25) is 0 Å². The molecule has 0 aliphatic heterocycles. The standard InChI is InChI=1S/C8H9BrO2S/c1-11-8-4-3-6(12(2)10)5-7(8)9/h3-5H,1-2H3. The molecule has 2 nitrogen and oxygen atoms in total. The zero-order valence-electron chi connectivity index (χ0n) is 6.83. The van der Waals surface area contributed by atoms with Gasteiger partial charge >= 0.3 is 0 Å². The molecule has 1 atom stereocenters. The quantitative estimate of drug-likeness (QED) is 0.803. The number of hydrogen-bond donors (Lipinski definition) is 0. The minimum Gasteiger partial charge on any atom is -0.496 e. The Hall–Kier alpha value is -0.350. The first-order valence-electron chi connectivity index (χ1n) is 3.32. The van der Waals surface area contributed by atoms with Gasteiger partial charge in [-0.1, -0.05) is 0 Å². The largest absolute Gasteiger partial charge is 0.496 e. The summed E-state index contributed by atoms with van der Waals surface area (Å²) in [7, 11) is 0.665. The molecule has 0 aromatic heterocycles. The summed E-state index contributed by atoms with van der Waals surface area (Å²) < 4.78 is 16.9. The van der Waals surface area contributed by atoms with Crippen LogP contribution in [0.15, 0.2) is 27.6 Å². The highest BCUT2D eigenvalue weighted by Crippen LogP contribution is 2.26. The van der Waals surface area contributed by atoms with Crippen LogP contribution in [0.1, 0.15) is 0 Å². The molecule has 1 unspecified atom stereocenters. The van der Waals surface area contributed by atoms with Gasteiger partial charge in [0.25, 0.3) is 0 Å². The Labute approximate surface area is 82.5 Å². The first-order chi connectivity index (χ1) is 5.65. The molecule has 66 valence electrons. The number of halogens is 1. The molecule has 0 aliphatic carbocycles. The molecule has 4 heteroatoms. The lowest BCUT2D eigenvalue weighted by Crippen LogP contribution is -1.89. The van der Waals surface area contributed by atoms with E-state index in [4.69, 9.17) is 4.74 Å². The van der Waals surface area contributed by atoms with E-state index in [1.807, 2.05) is 0 Å². The predicted molar refractivity (Wildman–Crippen MR) is 53.0 cm³/mol. The minimum absolute atomic E-state index is 0.754. The fourth-order valence-corrected chi connectivity index (χ4v) is 2.06. The molecular formula is C8H9BrO2S. The van der Waals surface area contributed by atoms with E-state index in [-0.39, 0.29) is 0 Å². The van der Waals surface area contributed by atoms with E-state index in [9.17, 15) is 4.21 Å². The fourth-order valence-electron chi connectivity index (χ4n) is 0.826. The zero-order chi connectivity index (χ0) is 9.14. The molecule has 0 radical (unpaired) electrons. The average molecular weight is 249 g/mol. The Balaban J connectivity index is 3.10. The molecule has 0 fully saturated rings. The van der Waals surface area contributed by atoms with E-state index in [0.717, 1.165) is 15.1 Å². The van der Waals surface area contributed by atoms with Crippen molar-refractivity contribution in [3.05, 3.63) is 22.7 Å². The van der Waals surface area contributed by atoms with Crippen LogP contribution in [-0.2, 0) is 10.8 Å².